The predicted molar refractivity (Wildman–Crippen MR) is 71.7 cm³/mol. The molecule has 4 nitrogen and oxygen atoms in total. The van der Waals surface area contributed by atoms with Crippen LogP contribution in [0.3, 0.4) is 0 Å². The Balaban J connectivity index is 2.81. The molecule has 0 heterocycles. The van der Waals surface area contributed by atoms with Crippen molar-refractivity contribution in [3.05, 3.63) is 32.3 Å². The lowest BCUT2D eigenvalue weighted by atomic mass is 10.3. The molecule has 0 unspecified atom stereocenters. The highest BCUT2D eigenvalue weighted by molar-refractivity contribution is 7.80. The van der Waals surface area contributed by atoms with E-state index in [-0.39, 0.29) is 21.5 Å². The van der Waals surface area contributed by atoms with E-state index in [1.54, 1.807) is 0 Å². The lowest BCUT2D eigenvalue weighted by molar-refractivity contribution is -0.385. The molecule has 0 amide bonds. The second-order valence-corrected chi connectivity index (χ2v) is 4.53. The van der Waals surface area contributed by atoms with Gasteiger partial charge in [-0.25, -0.2) is 0 Å². The van der Waals surface area contributed by atoms with Crippen molar-refractivity contribution in [1.82, 2.24) is 0 Å². The molecule has 1 rings (SSSR count). The van der Waals surface area contributed by atoms with E-state index in [1.807, 2.05) is 0 Å². The lowest BCUT2D eigenvalue weighted by Gasteiger charge is -2.07. The van der Waals surface area contributed by atoms with E-state index in [1.165, 1.54) is 12.1 Å². The summed E-state index contributed by atoms with van der Waals surface area (Å²) < 4.78 is 5.32. The number of benzene rings is 1. The minimum Gasteiger partial charge on any atom is -0.487 e. The molecular formula is C10H11Cl2NO3S. The van der Waals surface area contributed by atoms with Crippen LogP contribution in [-0.2, 0) is 0 Å². The fourth-order valence-electron chi connectivity index (χ4n) is 1.17. The van der Waals surface area contributed by atoms with E-state index in [9.17, 15) is 10.1 Å². The molecule has 0 fully saturated rings. The van der Waals surface area contributed by atoms with E-state index in [2.05, 4.69) is 12.6 Å². The molecule has 0 N–H and O–H groups in total. The Morgan fingerprint density at radius 2 is 1.94 bits per heavy atom. The SMILES string of the molecule is O=[N+]([O-])c1cc(Cl)c(Cl)cc1OCCCCS. The molecule has 1 aromatic rings. The third kappa shape index (κ3) is 4.26. The summed E-state index contributed by atoms with van der Waals surface area (Å²) in [5, 5.41) is 11.2. The zero-order chi connectivity index (χ0) is 12.8. The van der Waals surface area contributed by atoms with Gasteiger partial charge in [0, 0.05) is 12.1 Å². The van der Waals surface area contributed by atoms with Crippen molar-refractivity contribution in [3.8, 4) is 5.75 Å². The van der Waals surface area contributed by atoms with Gasteiger partial charge in [-0.15, -0.1) is 0 Å². The van der Waals surface area contributed by atoms with Crippen molar-refractivity contribution in [2.24, 2.45) is 0 Å². The number of rotatable bonds is 6. The van der Waals surface area contributed by atoms with Crippen molar-refractivity contribution in [3.63, 3.8) is 0 Å². The van der Waals surface area contributed by atoms with Crippen LogP contribution < -0.4 is 4.74 Å². The van der Waals surface area contributed by atoms with Crippen molar-refractivity contribution in [1.29, 1.82) is 0 Å². The number of thiol groups is 1. The highest BCUT2D eigenvalue weighted by Gasteiger charge is 2.18. The summed E-state index contributed by atoms with van der Waals surface area (Å²) in [5.74, 6) is 0.899. The van der Waals surface area contributed by atoms with E-state index in [0.717, 1.165) is 18.6 Å². The van der Waals surface area contributed by atoms with Crippen LogP contribution in [0.1, 0.15) is 12.8 Å². The van der Waals surface area contributed by atoms with Crippen LogP contribution in [0.15, 0.2) is 12.1 Å². The minimum atomic E-state index is -0.545. The zero-order valence-electron chi connectivity index (χ0n) is 8.86. The molecule has 7 heteroatoms. The van der Waals surface area contributed by atoms with Crippen LogP contribution in [-0.4, -0.2) is 17.3 Å². The number of ether oxygens (including phenoxy) is 1. The molecule has 0 atom stereocenters. The molecule has 0 saturated heterocycles. The Bertz CT molecular complexity index is 415. The number of hydrogen-bond donors (Lipinski definition) is 1. The van der Waals surface area contributed by atoms with Crippen molar-refractivity contribution in [2.45, 2.75) is 12.8 Å². The molecule has 0 aliphatic heterocycles. The summed E-state index contributed by atoms with van der Waals surface area (Å²) in [5.41, 5.74) is -0.176. The molecule has 0 bridgehead atoms. The molecule has 94 valence electrons. The predicted octanol–water partition coefficient (Wildman–Crippen LogP) is 3.99. The van der Waals surface area contributed by atoms with Gasteiger partial charge in [-0.2, -0.15) is 12.6 Å². The normalized spacial score (nSPS) is 10.3. The van der Waals surface area contributed by atoms with E-state index in [4.69, 9.17) is 27.9 Å². The highest BCUT2D eigenvalue weighted by atomic mass is 35.5. The zero-order valence-corrected chi connectivity index (χ0v) is 11.3. The van der Waals surface area contributed by atoms with Gasteiger partial charge in [0.25, 0.3) is 0 Å². The number of nitro groups is 1. The maximum absolute atomic E-state index is 10.8. The molecule has 1 aromatic carbocycles. The molecule has 0 aliphatic rings. The minimum absolute atomic E-state index is 0.140. The first-order valence-corrected chi connectivity index (χ1v) is 6.32. The summed E-state index contributed by atoms with van der Waals surface area (Å²) >= 11 is 15.6. The van der Waals surface area contributed by atoms with Gasteiger partial charge >= 0.3 is 5.69 Å². The maximum atomic E-state index is 10.8. The standard InChI is InChI=1S/C10H11Cl2NO3S/c11-7-5-9(13(14)15)10(6-8(7)12)16-3-1-2-4-17/h5-6,17H,1-4H2. The smallest absolute Gasteiger partial charge is 0.312 e. The molecule has 0 radical (unpaired) electrons. The van der Waals surface area contributed by atoms with Crippen LogP contribution in [0.4, 0.5) is 5.69 Å². The van der Waals surface area contributed by atoms with Gasteiger partial charge in [-0.1, -0.05) is 23.2 Å². The Morgan fingerprint density at radius 3 is 2.53 bits per heavy atom. The topological polar surface area (TPSA) is 52.4 Å². The Kier molecular flexibility index (Phi) is 5.88. The summed E-state index contributed by atoms with van der Waals surface area (Å²) in [4.78, 5) is 10.2. The summed E-state index contributed by atoms with van der Waals surface area (Å²) in [6.07, 6.45) is 1.67. The van der Waals surface area contributed by atoms with Crippen LogP contribution in [0.2, 0.25) is 10.0 Å². The van der Waals surface area contributed by atoms with E-state index >= 15 is 0 Å². The van der Waals surface area contributed by atoms with Gasteiger partial charge in [0.05, 0.1) is 21.6 Å². The van der Waals surface area contributed by atoms with Crippen molar-refractivity contribution >= 4 is 41.5 Å². The second kappa shape index (κ2) is 6.93. The van der Waals surface area contributed by atoms with Gasteiger partial charge < -0.3 is 4.74 Å². The molecule has 17 heavy (non-hydrogen) atoms. The average molecular weight is 296 g/mol. The Morgan fingerprint density at radius 1 is 1.29 bits per heavy atom. The van der Waals surface area contributed by atoms with Crippen molar-refractivity contribution < 1.29 is 9.66 Å². The Labute approximate surface area is 114 Å². The van der Waals surface area contributed by atoms with Gasteiger partial charge in [0.15, 0.2) is 5.75 Å². The number of nitro benzene ring substituents is 1. The molecule has 0 spiro atoms. The van der Waals surface area contributed by atoms with Gasteiger partial charge in [0.1, 0.15) is 0 Å². The highest BCUT2D eigenvalue weighted by Crippen LogP contribution is 2.35. The Hall–Kier alpha value is -0.650. The third-order valence-corrected chi connectivity index (χ3v) is 3.05. The van der Waals surface area contributed by atoms with Crippen LogP contribution >= 0.6 is 35.8 Å². The van der Waals surface area contributed by atoms with E-state index in [0.29, 0.717) is 6.61 Å². The summed E-state index contributed by atoms with van der Waals surface area (Å²) in [6.45, 7) is 0.388. The molecule has 0 aromatic heterocycles. The second-order valence-electron chi connectivity index (χ2n) is 3.27. The monoisotopic (exact) mass is 295 g/mol. The van der Waals surface area contributed by atoms with Crippen LogP contribution in [0.25, 0.3) is 0 Å². The van der Waals surface area contributed by atoms with Crippen molar-refractivity contribution in [2.75, 3.05) is 12.4 Å². The van der Waals surface area contributed by atoms with Gasteiger partial charge in [0.2, 0.25) is 0 Å². The molecule has 0 aliphatic carbocycles. The number of unbranched alkanes of at least 4 members (excludes halogenated alkanes) is 1. The molecule has 0 saturated carbocycles. The van der Waals surface area contributed by atoms with E-state index < -0.39 is 4.92 Å². The first-order valence-electron chi connectivity index (χ1n) is 4.93. The maximum Gasteiger partial charge on any atom is 0.312 e. The quantitative estimate of drug-likeness (QED) is 0.374. The van der Waals surface area contributed by atoms with Gasteiger partial charge in [-0.05, 0) is 18.6 Å². The number of halogens is 2. The van der Waals surface area contributed by atoms with Gasteiger partial charge in [-0.3, -0.25) is 10.1 Å². The number of hydrogen-bond acceptors (Lipinski definition) is 4. The summed E-state index contributed by atoms with van der Waals surface area (Å²) in [6, 6.07) is 2.56. The van der Waals surface area contributed by atoms with Crippen LogP contribution in [0.5, 0.6) is 5.75 Å². The summed E-state index contributed by atoms with van der Waals surface area (Å²) in [7, 11) is 0. The first kappa shape index (κ1) is 14.4. The fourth-order valence-corrected chi connectivity index (χ4v) is 1.71. The average Bonchev–Trinajstić information content (AvgIpc) is 2.28. The largest absolute Gasteiger partial charge is 0.487 e. The fraction of sp³-hybridized carbons (Fsp3) is 0.400. The molecular weight excluding hydrogens is 285 g/mol. The number of nitrogens with zero attached hydrogens (tertiary/aromatic N) is 1. The van der Waals surface area contributed by atoms with Crippen LogP contribution in [0, 0.1) is 10.1 Å². The first-order chi connectivity index (χ1) is 8.06. The lowest BCUT2D eigenvalue weighted by Crippen LogP contribution is -2.01. The third-order valence-electron chi connectivity index (χ3n) is 2.01.